The van der Waals surface area contributed by atoms with Crippen LogP contribution < -0.4 is 5.32 Å². The van der Waals surface area contributed by atoms with Crippen molar-refractivity contribution in [1.82, 2.24) is 14.9 Å². The van der Waals surface area contributed by atoms with E-state index in [0.29, 0.717) is 11.6 Å². The molecule has 1 aromatic heterocycles. The molecule has 4 nitrogen and oxygen atoms in total. The Balaban J connectivity index is 1.46. The highest BCUT2D eigenvalue weighted by atomic mass is 35.5. The highest BCUT2D eigenvalue weighted by molar-refractivity contribution is 6.30. The predicted octanol–water partition coefficient (Wildman–Crippen LogP) is 5.26. The lowest BCUT2D eigenvalue weighted by molar-refractivity contribution is -0.116. The maximum absolute atomic E-state index is 12.3. The quantitative estimate of drug-likeness (QED) is 0.418. The topological polar surface area (TPSA) is 46.9 Å². The summed E-state index contributed by atoms with van der Waals surface area (Å²) in [5, 5.41) is 3.62. The number of carbonyl (C=O) groups is 1. The minimum Gasteiger partial charge on any atom is -0.345 e. The van der Waals surface area contributed by atoms with Gasteiger partial charge in [-0.25, -0.2) is 4.98 Å². The van der Waals surface area contributed by atoms with E-state index in [9.17, 15) is 4.79 Å². The average molecular weight is 416 g/mol. The molecular weight excluding hydrogens is 394 g/mol. The summed E-state index contributed by atoms with van der Waals surface area (Å²) in [6.07, 6.45) is 4.20. The highest BCUT2D eigenvalue weighted by Crippen LogP contribution is 2.17. The summed E-state index contributed by atoms with van der Waals surface area (Å²) >= 11 is 5.89. The Labute approximate surface area is 180 Å². The molecule has 150 valence electrons. The molecule has 4 aromatic rings. The van der Waals surface area contributed by atoms with Crippen LogP contribution in [0.25, 0.3) is 17.1 Å². The first-order chi connectivity index (χ1) is 14.7. The minimum absolute atomic E-state index is 0.161. The lowest BCUT2D eigenvalue weighted by atomic mass is 10.1. The van der Waals surface area contributed by atoms with Gasteiger partial charge >= 0.3 is 0 Å². The van der Waals surface area contributed by atoms with E-state index in [-0.39, 0.29) is 5.91 Å². The van der Waals surface area contributed by atoms with Crippen LogP contribution in [-0.2, 0) is 24.3 Å². The zero-order valence-corrected chi connectivity index (χ0v) is 17.2. The number of hydrogen-bond donors (Lipinski definition) is 1. The van der Waals surface area contributed by atoms with Gasteiger partial charge in [-0.15, -0.1) is 0 Å². The fourth-order valence-corrected chi connectivity index (χ4v) is 3.49. The maximum atomic E-state index is 12.3. The fourth-order valence-electron chi connectivity index (χ4n) is 3.37. The molecule has 0 saturated heterocycles. The lowest BCUT2D eigenvalue weighted by Gasteiger charge is -2.10. The summed E-state index contributed by atoms with van der Waals surface area (Å²) in [5.41, 5.74) is 4.21. The lowest BCUT2D eigenvalue weighted by Crippen LogP contribution is -2.23. The number of para-hydroxylation sites is 2. The van der Waals surface area contributed by atoms with Crippen LogP contribution in [0.2, 0.25) is 5.02 Å². The van der Waals surface area contributed by atoms with Crippen molar-refractivity contribution in [2.45, 2.75) is 19.5 Å². The molecule has 30 heavy (non-hydrogen) atoms. The first kappa shape index (κ1) is 19.9. The smallest absolute Gasteiger partial charge is 0.244 e. The van der Waals surface area contributed by atoms with E-state index in [2.05, 4.69) is 40.2 Å². The van der Waals surface area contributed by atoms with Gasteiger partial charge in [-0.3, -0.25) is 4.79 Å². The normalized spacial score (nSPS) is 11.2. The van der Waals surface area contributed by atoms with Gasteiger partial charge < -0.3 is 9.88 Å². The summed E-state index contributed by atoms with van der Waals surface area (Å²) in [6.45, 7) is 1.17. The van der Waals surface area contributed by atoms with Gasteiger partial charge in [0.2, 0.25) is 5.91 Å². The van der Waals surface area contributed by atoms with Gasteiger partial charge in [0.25, 0.3) is 0 Å². The number of imidazole rings is 1. The van der Waals surface area contributed by atoms with E-state index in [1.807, 2.05) is 36.4 Å². The second-order valence-corrected chi connectivity index (χ2v) is 7.44. The standard InChI is InChI=1S/C25H22ClN3O/c26-21-13-10-20(11-14-21)12-15-25(30)27-18-24-28-22-8-4-5-9-23(22)29(24)17-16-19-6-2-1-3-7-19/h1-15H,16-18H2,(H,27,30)/b15-12+. The molecule has 0 atom stereocenters. The van der Waals surface area contributed by atoms with Crippen LogP contribution in [0.1, 0.15) is 17.0 Å². The van der Waals surface area contributed by atoms with Crippen LogP contribution in [0.5, 0.6) is 0 Å². The molecule has 0 spiro atoms. The number of hydrogen-bond acceptors (Lipinski definition) is 2. The predicted molar refractivity (Wildman–Crippen MR) is 122 cm³/mol. The van der Waals surface area contributed by atoms with Gasteiger partial charge in [0.05, 0.1) is 17.6 Å². The third-order valence-corrected chi connectivity index (χ3v) is 5.17. The van der Waals surface area contributed by atoms with E-state index >= 15 is 0 Å². The number of rotatable bonds is 7. The molecule has 0 aliphatic carbocycles. The SMILES string of the molecule is O=C(/C=C/c1ccc(Cl)cc1)NCc1nc2ccccc2n1CCc1ccccc1. The Morgan fingerprint density at radius 2 is 1.70 bits per heavy atom. The first-order valence-electron chi connectivity index (χ1n) is 9.88. The molecule has 0 bridgehead atoms. The van der Waals surface area contributed by atoms with E-state index in [1.165, 1.54) is 11.6 Å². The van der Waals surface area contributed by atoms with Crippen LogP contribution in [0.15, 0.2) is 84.9 Å². The van der Waals surface area contributed by atoms with Crippen molar-refractivity contribution < 1.29 is 4.79 Å². The van der Waals surface area contributed by atoms with Gasteiger partial charge in [-0.05, 0) is 47.9 Å². The van der Waals surface area contributed by atoms with E-state index in [1.54, 1.807) is 18.2 Å². The van der Waals surface area contributed by atoms with E-state index < -0.39 is 0 Å². The second-order valence-electron chi connectivity index (χ2n) is 7.01. The number of nitrogens with zero attached hydrogens (tertiary/aromatic N) is 2. The molecule has 1 heterocycles. The zero-order valence-electron chi connectivity index (χ0n) is 16.5. The van der Waals surface area contributed by atoms with Crippen LogP contribution >= 0.6 is 11.6 Å². The number of nitrogens with one attached hydrogen (secondary N) is 1. The van der Waals surface area contributed by atoms with Gasteiger partial charge in [0.15, 0.2) is 0 Å². The largest absolute Gasteiger partial charge is 0.345 e. The number of aryl methyl sites for hydroxylation is 2. The molecule has 0 aliphatic heterocycles. The number of aromatic nitrogens is 2. The average Bonchev–Trinajstić information content (AvgIpc) is 3.14. The Bertz CT molecular complexity index is 1160. The molecule has 3 aromatic carbocycles. The third-order valence-electron chi connectivity index (χ3n) is 4.92. The van der Waals surface area contributed by atoms with Crippen molar-refractivity contribution in [2.75, 3.05) is 0 Å². The van der Waals surface area contributed by atoms with Gasteiger partial charge in [0, 0.05) is 17.6 Å². The summed E-state index contributed by atoms with van der Waals surface area (Å²) in [6, 6.07) is 25.8. The number of fused-ring (bicyclic) bond motifs is 1. The Kier molecular flexibility index (Phi) is 6.26. The molecule has 0 fully saturated rings. The van der Waals surface area contributed by atoms with Crippen molar-refractivity contribution in [3.63, 3.8) is 0 Å². The van der Waals surface area contributed by atoms with Crippen LogP contribution in [0.4, 0.5) is 0 Å². The maximum Gasteiger partial charge on any atom is 0.244 e. The van der Waals surface area contributed by atoms with Gasteiger partial charge in [-0.1, -0.05) is 66.2 Å². The molecule has 0 aliphatic rings. The van der Waals surface area contributed by atoms with Crippen molar-refractivity contribution >= 4 is 34.6 Å². The van der Waals surface area contributed by atoms with Gasteiger partial charge in [-0.2, -0.15) is 0 Å². The van der Waals surface area contributed by atoms with Gasteiger partial charge in [0.1, 0.15) is 5.82 Å². The Morgan fingerprint density at radius 1 is 0.967 bits per heavy atom. The van der Waals surface area contributed by atoms with E-state index in [4.69, 9.17) is 16.6 Å². The Hall–Kier alpha value is -3.37. The second kappa shape index (κ2) is 9.42. The minimum atomic E-state index is -0.161. The molecule has 0 radical (unpaired) electrons. The van der Waals surface area contributed by atoms with Crippen LogP contribution in [-0.4, -0.2) is 15.5 Å². The highest BCUT2D eigenvalue weighted by Gasteiger charge is 2.11. The third kappa shape index (κ3) is 4.97. The van der Waals surface area contributed by atoms with Crippen molar-refractivity contribution in [1.29, 1.82) is 0 Å². The molecule has 1 amide bonds. The summed E-state index contributed by atoms with van der Waals surface area (Å²) in [4.78, 5) is 17.0. The molecule has 0 saturated carbocycles. The Morgan fingerprint density at radius 3 is 2.50 bits per heavy atom. The number of benzene rings is 3. The number of halogens is 1. The van der Waals surface area contributed by atoms with Crippen LogP contribution in [0, 0.1) is 0 Å². The van der Waals surface area contributed by atoms with Crippen molar-refractivity contribution in [3.05, 3.63) is 107 Å². The first-order valence-corrected chi connectivity index (χ1v) is 10.3. The van der Waals surface area contributed by atoms with Crippen molar-refractivity contribution in [3.8, 4) is 0 Å². The summed E-state index contributed by atoms with van der Waals surface area (Å²) in [7, 11) is 0. The zero-order chi connectivity index (χ0) is 20.8. The molecule has 4 rings (SSSR count). The number of carbonyl (C=O) groups excluding carboxylic acids is 1. The van der Waals surface area contributed by atoms with E-state index in [0.717, 1.165) is 35.4 Å². The molecular formula is C25H22ClN3O. The summed E-state index contributed by atoms with van der Waals surface area (Å²) in [5.74, 6) is 0.687. The van der Waals surface area contributed by atoms with Crippen molar-refractivity contribution in [2.24, 2.45) is 0 Å². The van der Waals surface area contributed by atoms with Crippen LogP contribution in [0.3, 0.4) is 0 Å². The monoisotopic (exact) mass is 415 g/mol. The number of amides is 1. The molecule has 0 unspecified atom stereocenters. The fraction of sp³-hybridized carbons (Fsp3) is 0.120. The summed E-state index contributed by atoms with van der Waals surface area (Å²) < 4.78 is 2.19. The molecule has 1 N–H and O–H groups in total. The molecule has 5 heteroatoms.